The average molecular weight is 1660 g/mol. The van der Waals surface area contributed by atoms with Crippen molar-refractivity contribution in [2.75, 3.05) is 14.2 Å². The summed E-state index contributed by atoms with van der Waals surface area (Å²) in [5.74, 6) is -0.0227. The van der Waals surface area contributed by atoms with Crippen molar-refractivity contribution in [1.82, 2.24) is 29.9 Å². The number of hydrogen-bond donors (Lipinski definition) is 12. The minimum Gasteiger partial charge on any atom is -0.494 e. The summed E-state index contributed by atoms with van der Waals surface area (Å²) in [4.78, 5) is 28.0. The molecule has 0 saturated heterocycles. The second-order valence-corrected chi connectivity index (χ2v) is 33.5. The Labute approximate surface area is 605 Å². The Bertz CT molecular complexity index is 6460. The van der Waals surface area contributed by atoms with Crippen LogP contribution in [0.15, 0.2) is 189 Å². The highest BCUT2D eigenvalue weighted by Crippen LogP contribution is 2.41. The van der Waals surface area contributed by atoms with E-state index in [9.17, 15) is 104 Å². The van der Waals surface area contributed by atoms with Crippen molar-refractivity contribution < 1.29 is 113 Å². The largest absolute Gasteiger partial charge is 0.494 e. The van der Waals surface area contributed by atoms with Crippen LogP contribution in [0.2, 0.25) is 10.6 Å². The lowest BCUT2D eigenvalue weighted by atomic mass is 10.1. The number of ether oxygens (including phenoxy) is 2. The number of fused-ring (bicyclic) bond motifs is 2. The van der Waals surface area contributed by atoms with Crippen LogP contribution < -0.4 is 31.9 Å². The van der Waals surface area contributed by atoms with Crippen LogP contribution in [-0.4, -0.2) is 148 Å². The number of aromatic amines is 4. The van der Waals surface area contributed by atoms with Crippen LogP contribution in [0.3, 0.4) is 0 Å². The van der Waals surface area contributed by atoms with Crippen molar-refractivity contribution in [3.05, 3.63) is 164 Å². The van der Waals surface area contributed by atoms with Gasteiger partial charge in [0.2, 0.25) is 33.0 Å². The van der Waals surface area contributed by atoms with Crippen LogP contribution in [0.25, 0.3) is 33.7 Å². The molecule has 50 heteroatoms. The zero-order chi connectivity index (χ0) is 77.9. The van der Waals surface area contributed by atoms with Crippen molar-refractivity contribution in [3.63, 3.8) is 0 Å². The van der Waals surface area contributed by atoms with Gasteiger partial charge < -0.3 is 19.4 Å². The molecule has 0 radical (unpaired) electrons. The van der Waals surface area contributed by atoms with E-state index in [4.69, 9.17) is 32.7 Å². The lowest BCUT2D eigenvalue weighted by Gasteiger charge is -2.11. The fourth-order valence-corrected chi connectivity index (χ4v) is 15.6. The minimum absolute atomic E-state index is 0.0114. The summed E-state index contributed by atoms with van der Waals surface area (Å²) in [6.45, 7) is 3.03. The van der Waals surface area contributed by atoms with Gasteiger partial charge in [-0.2, -0.15) is 97.8 Å². The van der Waals surface area contributed by atoms with E-state index in [0.29, 0.717) is 47.5 Å². The van der Waals surface area contributed by atoms with E-state index in [1.54, 1.807) is 0 Å². The van der Waals surface area contributed by atoms with Crippen LogP contribution in [-0.2, 0) is 80.9 Å². The zero-order valence-corrected chi connectivity index (χ0v) is 61.0. The monoisotopic (exact) mass is 1650 g/mol. The Balaban J connectivity index is 0.920. The second kappa shape index (κ2) is 29.0. The Morgan fingerprint density at radius 2 is 0.660 bits per heavy atom. The quantitative estimate of drug-likeness (QED) is 0.0196. The summed E-state index contributed by atoms with van der Waals surface area (Å²) < 4.78 is 290. The number of aromatic nitrogens is 6. The van der Waals surface area contributed by atoms with Gasteiger partial charge in [0.1, 0.15) is 52.2 Å². The normalized spacial score (nSPS) is 13.9. The first kappa shape index (κ1) is 78.5. The molecule has 2 heterocycles. The third-order valence-electron chi connectivity index (χ3n) is 14.4. The maximum absolute atomic E-state index is 12.9. The molecule has 12 N–H and O–H groups in total. The molecule has 0 spiro atoms. The van der Waals surface area contributed by atoms with Gasteiger partial charge in [0.05, 0.1) is 58.1 Å². The number of H-pyrrole nitrogens is 4. The lowest BCUT2D eigenvalue weighted by Crippen LogP contribution is -2.26. The Kier molecular flexibility index (Phi) is 21.5. The summed E-state index contributed by atoms with van der Waals surface area (Å²) in [5, 5.41) is 12.6. The zero-order valence-electron chi connectivity index (χ0n) is 53.0. The van der Waals surface area contributed by atoms with E-state index in [1.807, 2.05) is 0 Å². The molecule has 2 aromatic heterocycles. The number of rotatable bonds is 20. The molecule has 40 nitrogen and oxygen atoms in total. The third kappa shape index (κ3) is 18.2. The van der Waals surface area contributed by atoms with E-state index in [0.717, 1.165) is 48.6 Å². The third-order valence-corrected chi connectivity index (χ3v) is 21.8. The average Bonchev–Trinajstić information content (AvgIpc) is 0.748. The van der Waals surface area contributed by atoms with E-state index in [2.05, 4.69) is 70.3 Å². The predicted octanol–water partition coefficient (Wildman–Crippen LogP) is 7.94. The van der Waals surface area contributed by atoms with Crippen molar-refractivity contribution in [2.45, 2.75) is 53.0 Å². The maximum Gasteiger partial charge on any atom is 0.295 e. The van der Waals surface area contributed by atoms with Gasteiger partial charge in [0.15, 0.2) is 0 Å². The Morgan fingerprint density at radius 3 is 0.972 bits per heavy atom. The predicted molar refractivity (Wildman–Crippen MR) is 369 cm³/mol. The van der Waals surface area contributed by atoms with Gasteiger partial charge in [0, 0.05) is 33.7 Å². The van der Waals surface area contributed by atoms with Crippen molar-refractivity contribution >= 4 is 183 Å². The van der Waals surface area contributed by atoms with E-state index < -0.39 is 153 Å². The molecule has 0 saturated carbocycles. The van der Waals surface area contributed by atoms with E-state index in [1.165, 1.54) is 64.5 Å². The number of halogens is 2. The van der Waals surface area contributed by atoms with E-state index in [-0.39, 0.29) is 89.8 Å². The fourth-order valence-electron chi connectivity index (χ4n) is 9.80. The SMILES string of the molecule is COc1cc(N=Nc2cc(S(=O)(=O)O)c3cc(S(=O)(=O)O)cc(S(=O)(=O)O)c3c2)c(C)cc1N=c1[nH]c(Cl)nc(=Nc2ccc(C=Cc3ccc(N=c4nc(Cl)[nH]c(=Nc5cc(C)c(N=Nc6cc(S(=O)(=O)O)c7cc(S(=O)(=O)O)cc(S(=O)(=O)O)c7c6)cc5OC)[nH]4)cc3S(=O)(=O)O)c(S(=O)(=O)O)c2)[nH]1. The second-order valence-electron chi connectivity index (χ2n) is 21.6. The highest BCUT2D eigenvalue weighted by molar-refractivity contribution is 7.88. The standard InChI is InChI=1S/C56H44Cl2N14O26S8/c1-25-11-41(43(97-3)23-39(25)71-69-31-13-35-37(47(17-31)103(85,86)87)19-33(99(73,74)75)21-49(35)105(91,92)93)61-55-65-51(57)63-53(67-55)59-29-9-7-27(45(15-29)101(79,80)81)5-6-28-8-10-30(16-46(28)102(82,83)84)60-54-64-52(58)66-56(68-54)62-42-12-26(2)40(24-44(42)98-4)72-70-32-14-36-38(48(18-32)104(88,89)90)20-34(100(76,77)78)22-50(36)106(94,95)96/h5-24H,1-4H3,(H,73,74,75)(H,76,77,78)(H,79,80,81)(H,82,83,84)(H,85,86,87)(H,88,89,90)(H,91,92,93)(H,94,95,96)(H2,59,61,63,65,67)(H2,60,62,64,66,68). The molecule has 8 aromatic carbocycles. The molecule has 0 aliphatic carbocycles. The maximum atomic E-state index is 12.9. The van der Waals surface area contributed by atoms with Gasteiger partial charge in [-0.15, -0.1) is 0 Å². The molecular formula is C56H44Cl2N14O26S8. The number of methoxy groups -OCH3 is 2. The summed E-state index contributed by atoms with van der Waals surface area (Å²) in [7, 11) is -39.5. The smallest absolute Gasteiger partial charge is 0.295 e. The topological polar surface area (TPSA) is 641 Å². The molecular weight excluding hydrogens is 1610 g/mol. The molecule has 0 atom stereocenters. The lowest BCUT2D eigenvalue weighted by molar-refractivity contribution is 0.416. The highest BCUT2D eigenvalue weighted by atomic mass is 35.5. The molecule has 0 aliphatic rings. The molecule has 0 amide bonds. The van der Waals surface area contributed by atoms with Crippen LogP contribution in [0, 0.1) is 13.8 Å². The summed E-state index contributed by atoms with van der Waals surface area (Å²) in [6.07, 6.45) is 2.16. The van der Waals surface area contributed by atoms with Gasteiger partial charge in [-0.05, 0) is 144 Å². The van der Waals surface area contributed by atoms with Crippen LogP contribution >= 0.6 is 23.2 Å². The molecule has 0 bridgehead atoms. The van der Waals surface area contributed by atoms with Gasteiger partial charge in [-0.3, -0.25) is 46.4 Å². The van der Waals surface area contributed by atoms with Crippen molar-refractivity contribution in [2.24, 2.45) is 40.4 Å². The first-order chi connectivity index (χ1) is 49.0. The highest BCUT2D eigenvalue weighted by Gasteiger charge is 2.29. The van der Waals surface area contributed by atoms with Crippen LogP contribution in [0.1, 0.15) is 22.3 Å². The fraction of sp³-hybridized carbons (Fsp3) is 0.0714. The van der Waals surface area contributed by atoms with Crippen molar-refractivity contribution in [3.8, 4) is 11.5 Å². The van der Waals surface area contributed by atoms with Gasteiger partial charge in [0.25, 0.3) is 80.9 Å². The molecule has 106 heavy (non-hydrogen) atoms. The first-order valence-electron chi connectivity index (χ1n) is 28.2. The summed E-state index contributed by atoms with van der Waals surface area (Å²) in [6, 6.07) is 17.0. The summed E-state index contributed by atoms with van der Waals surface area (Å²) >= 11 is 12.6. The van der Waals surface area contributed by atoms with Gasteiger partial charge in [-0.1, -0.05) is 24.3 Å². The number of nitrogens with one attached hydrogen (secondary N) is 4. The number of benzene rings is 8. The minimum atomic E-state index is -5.34. The summed E-state index contributed by atoms with van der Waals surface area (Å²) in [5.41, 5.74) is -1.94. The number of aryl methyl sites for hydroxylation is 2. The van der Waals surface area contributed by atoms with Gasteiger partial charge >= 0.3 is 0 Å². The molecule has 0 fully saturated rings. The first-order valence-corrected chi connectivity index (χ1v) is 40.4. The number of nitrogens with zero attached hydrogens (tertiary/aromatic N) is 10. The Hall–Kier alpha value is -10.1. The molecule has 10 rings (SSSR count). The van der Waals surface area contributed by atoms with Crippen LogP contribution in [0.4, 0.5) is 45.5 Å². The van der Waals surface area contributed by atoms with E-state index >= 15 is 0 Å². The molecule has 0 unspecified atom stereocenters. The number of azo groups is 2. The molecule has 556 valence electrons. The van der Waals surface area contributed by atoms with Crippen LogP contribution in [0.5, 0.6) is 11.5 Å². The Morgan fingerprint density at radius 1 is 0.349 bits per heavy atom. The molecule has 0 aliphatic heterocycles. The van der Waals surface area contributed by atoms with Crippen molar-refractivity contribution in [1.29, 1.82) is 0 Å². The number of hydrogen-bond acceptors (Lipinski definition) is 28. The molecule has 10 aromatic rings. The van der Waals surface area contributed by atoms with Gasteiger partial charge in [-0.25, -0.2) is 20.0 Å².